The van der Waals surface area contributed by atoms with E-state index in [-0.39, 0.29) is 0 Å². The fourth-order valence-corrected chi connectivity index (χ4v) is 0.860. The molecule has 1 heterocycles. The molecule has 4 nitrogen and oxygen atoms in total. The molecule has 0 aliphatic heterocycles. The van der Waals surface area contributed by atoms with Gasteiger partial charge in [0.25, 0.3) is 0 Å². The number of rotatable bonds is 5. The maximum atomic E-state index is 5.35. The fourth-order valence-electron chi connectivity index (χ4n) is 0.860. The van der Waals surface area contributed by atoms with Gasteiger partial charge in [0.1, 0.15) is 0 Å². The molecule has 0 spiro atoms. The van der Waals surface area contributed by atoms with E-state index in [0.29, 0.717) is 5.95 Å². The highest BCUT2D eigenvalue weighted by Gasteiger charge is 1.90. The van der Waals surface area contributed by atoms with Gasteiger partial charge < -0.3 is 11.1 Å². The molecule has 3 N–H and O–H groups in total. The third-order valence-electron chi connectivity index (χ3n) is 1.48. The summed E-state index contributed by atoms with van der Waals surface area (Å²) in [6, 6.07) is 1.80. The van der Waals surface area contributed by atoms with Gasteiger partial charge in [0.05, 0.1) is 0 Å². The highest BCUT2D eigenvalue weighted by atomic mass is 15.1. The number of hydrogen-bond acceptors (Lipinski definition) is 4. The Morgan fingerprint density at radius 3 is 2.67 bits per heavy atom. The Kier molecular flexibility index (Phi) is 4.08. The third kappa shape index (κ3) is 3.30. The summed E-state index contributed by atoms with van der Waals surface area (Å²) in [6.07, 6.45) is 5.55. The van der Waals surface area contributed by atoms with E-state index in [2.05, 4.69) is 15.3 Å². The molecule has 66 valence electrons. The molecule has 0 aliphatic rings. The van der Waals surface area contributed by atoms with Gasteiger partial charge in [0.2, 0.25) is 5.95 Å². The van der Waals surface area contributed by atoms with Gasteiger partial charge in [0.15, 0.2) is 0 Å². The van der Waals surface area contributed by atoms with Crippen LogP contribution in [0.3, 0.4) is 0 Å². The lowest BCUT2D eigenvalue weighted by Crippen LogP contribution is -2.07. The molecule has 0 aliphatic carbocycles. The molecule has 12 heavy (non-hydrogen) atoms. The number of hydrogen-bond donors (Lipinski definition) is 2. The second-order valence-electron chi connectivity index (χ2n) is 2.49. The standard InChI is InChI=1S/C8H14N4/c9-4-1-2-5-10-8-11-6-3-7-12-8/h3,6-7H,1-2,4-5,9H2,(H,10,11,12). The zero-order valence-electron chi connectivity index (χ0n) is 7.03. The number of unbranched alkanes of at least 4 members (excludes halogenated alkanes) is 1. The largest absolute Gasteiger partial charge is 0.354 e. The molecule has 0 radical (unpaired) electrons. The summed E-state index contributed by atoms with van der Waals surface area (Å²) in [4.78, 5) is 8.05. The topological polar surface area (TPSA) is 63.8 Å². The van der Waals surface area contributed by atoms with Crippen LogP contribution in [0.15, 0.2) is 18.5 Å². The van der Waals surface area contributed by atoms with Crippen LogP contribution < -0.4 is 11.1 Å². The van der Waals surface area contributed by atoms with Gasteiger partial charge in [-0.05, 0) is 25.5 Å². The van der Waals surface area contributed by atoms with Gasteiger partial charge >= 0.3 is 0 Å². The summed E-state index contributed by atoms with van der Waals surface area (Å²) < 4.78 is 0. The van der Waals surface area contributed by atoms with E-state index >= 15 is 0 Å². The van der Waals surface area contributed by atoms with Crippen molar-refractivity contribution in [1.82, 2.24) is 9.97 Å². The van der Waals surface area contributed by atoms with Crippen LogP contribution in [-0.4, -0.2) is 23.1 Å². The zero-order chi connectivity index (χ0) is 8.65. The lowest BCUT2D eigenvalue weighted by molar-refractivity contribution is 0.770. The van der Waals surface area contributed by atoms with Gasteiger partial charge in [-0.2, -0.15) is 0 Å². The van der Waals surface area contributed by atoms with Gasteiger partial charge in [-0.3, -0.25) is 0 Å². The minimum atomic E-state index is 0.689. The molecule has 0 bridgehead atoms. The Bertz CT molecular complexity index is 199. The molecular weight excluding hydrogens is 152 g/mol. The van der Waals surface area contributed by atoms with Crippen LogP contribution in [-0.2, 0) is 0 Å². The van der Waals surface area contributed by atoms with Crippen molar-refractivity contribution in [2.75, 3.05) is 18.4 Å². The highest BCUT2D eigenvalue weighted by molar-refractivity contribution is 5.21. The Hall–Kier alpha value is -1.16. The van der Waals surface area contributed by atoms with E-state index in [4.69, 9.17) is 5.73 Å². The van der Waals surface area contributed by atoms with Gasteiger partial charge in [-0.25, -0.2) is 9.97 Å². The minimum absolute atomic E-state index is 0.689. The molecule has 0 aromatic carbocycles. The van der Waals surface area contributed by atoms with Crippen molar-refractivity contribution in [3.63, 3.8) is 0 Å². The molecule has 0 fully saturated rings. The maximum absolute atomic E-state index is 5.35. The van der Waals surface area contributed by atoms with Crippen LogP contribution >= 0.6 is 0 Å². The number of nitrogens with two attached hydrogens (primary N) is 1. The van der Waals surface area contributed by atoms with E-state index in [1.807, 2.05) is 0 Å². The molecule has 1 rings (SSSR count). The van der Waals surface area contributed by atoms with E-state index in [9.17, 15) is 0 Å². The molecule has 0 atom stereocenters. The normalized spacial score (nSPS) is 9.75. The average Bonchev–Trinajstić information content (AvgIpc) is 2.14. The summed E-state index contributed by atoms with van der Waals surface area (Å²) in [6.45, 7) is 1.64. The Labute approximate surface area is 72.2 Å². The van der Waals surface area contributed by atoms with Crippen LogP contribution in [0, 0.1) is 0 Å². The lowest BCUT2D eigenvalue weighted by atomic mass is 10.3. The van der Waals surface area contributed by atoms with Crippen molar-refractivity contribution >= 4 is 5.95 Å². The van der Waals surface area contributed by atoms with Crippen LogP contribution in [0.5, 0.6) is 0 Å². The molecule has 0 amide bonds. The predicted octanol–water partition coefficient (Wildman–Crippen LogP) is 0.627. The Morgan fingerprint density at radius 1 is 1.25 bits per heavy atom. The van der Waals surface area contributed by atoms with Crippen molar-refractivity contribution in [3.05, 3.63) is 18.5 Å². The van der Waals surface area contributed by atoms with Crippen LogP contribution in [0.1, 0.15) is 12.8 Å². The number of nitrogens with zero attached hydrogens (tertiary/aromatic N) is 2. The predicted molar refractivity (Wildman–Crippen MR) is 48.8 cm³/mol. The van der Waals surface area contributed by atoms with Crippen LogP contribution in [0.25, 0.3) is 0 Å². The SMILES string of the molecule is NCCCCNc1ncccn1. The van der Waals surface area contributed by atoms with Gasteiger partial charge in [-0.15, -0.1) is 0 Å². The van der Waals surface area contributed by atoms with Crippen molar-refractivity contribution in [3.8, 4) is 0 Å². The second kappa shape index (κ2) is 5.49. The van der Waals surface area contributed by atoms with Crippen molar-refractivity contribution in [2.45, 2.75) is 12.8 Å². The van der Waals surface area contributed by atoms with Gasteiger partial charge in [0, 0.05) is 18.9 Å². The highest BCUT2D eigenvalue weighted by Crippen LogP contribution is 1.94. The summed E-state index contributed by atoms with van der Waals surface area (Å²) >= 11 is 0. The first-order valence-electron chi connectivity index (χ1n) is 4.14. The molecule has 0 saturated carbocycles. The first-order chi connectivity index (χ1) is 5.93. The Morgan fingerprint density at radius 2 is 2.00 bits per heavy atom. The molecule has 0 saturated heterocycles. The molecule has 0 unspecified atom stereocenters. The van der Waals surface area contributed by atoms with E-state index < -0.39 is 0 Å². The van der Waals surface area contributed by atoms with Crippen molar-refractivity contribution < 1.29 is 0 Å². The molecule has 4 heteroatoms. The smallest absolute Gasteiger partial charge is 0.222 e. The van der Waals surface area contributed by atoms with E-state index in [1.165, 1.54) is 0 Å². The quantitative estimate of drug-likeness (QED) is 0.630. The van der Waals surface area contributed by atoms with E-state index in [0.717, 1.165) is 25.9 Å². The number of aromatic nitrogens is 2. The summed E-state index contributed by atoms with van der Waals surface area (Å²) in [5.41, 5.74) is 5.35. The van der Waals surface area contributed by atoms with Crippen molar-refractivity contribution in [2.24, 2.45) is 5.73 Å². The second-order valence-corrected chi connectivity index (χ2v) is 2.49. The first-order valence-corrected chi connectivity index (χ1v) is 4.14. The van der Waals surface area contributed by atoms with Gasteiger partial charge in [-0.1, -0.05) is 0 Å². The zero-order valence-corrected chi connectivity index (χ0v) is 7.03. The minimum Gasteiger partial charge on any atom is -0.354 e. The number of anilines is 1. The lowest BCUT2D eigenvalue weighted by Gasteiger charge is -2.01. The van der Waals surface area contributed by atoms with Crippen LogP contribution in [0.4, 0.5) is 5.95 Å². The number of nitrogens with one attached hydrogen (secondary N) is 1. The Balaban J connectivity index is 2.16. The fraction of sp³-hybridized carbons (Fsp3) is 0.500. The molecule has 1 aromatic heterocycles. The summed E-state index contributed by atoms with van der Waals surface area (Å²) in [5.74, 6) is 0.689. The maximum Gasteiger partial charge on any atom is 0.222 e. The molecule has 1 aromatic rings. The average molecular weight is 166 g/mol. The van der Waals surface area contributed by atoms with E-state index in [1.54, 1.807) is 18.5 Å². The third-order valence-corrected chi connectivity index (χ3v) is 1.48. The summed E-state index contributed by atoms with van der Waals surface area (Å²) in [5, 5.41) is 3.10. The molecular formula is C8H14N4. The first kappa shape index (κ1) is 8.93. The monoisotopic (exact) mass is 166 g/mol. The summed E-state index contributed by atoms with van der Waals surface area (Å²) in [7, 11) is 0. The van der Waals surface area contributed by atoms with Crippen molar-refractivity contribution in [1.29, 1.82) is 0 Å². The van der Waals surface area contributed by atoms with Crippen LogP contribution in [0.2, 0.25) is 0 Å².